The van der Waals surface area contributed by atoms with Crippen molar-refractivity contribution in [1.29, 1.82) is 0 Å². The third-order valence-corrected chi connectivity index (χ3v) is 5.12. The molecule has 1 unspecified atom stereocenters. The number of hydrazone groups is 1. The molecule has 0 spiro atoms. The van der Waals surface area contributed by atoms with E-state index in [1.807, 2.05) is 29.3 Å². The van der Waals surface area contributed by atoms with Gasteiger partial charge in [0.15, 0.2) is 0 Å². The molecule has 0 saturated heterocycles. The number of hydrogen-bond donors (Lipinski definition) is 1. The quantitative estimate of drug-likeness (QED) is 0.302. The summed E-state index contributed by atoms with van der Waals surface area (Å²) in [6, 6.07) is 25.1. The van der Waals surface area contributed by atoms with Crippen molar-refractivity contribution in [1.82, 2.24) is 5.01 Å². The molecule has 0 aromatic heterocycles. The first-order valence-electron chi connectivity index (χ1n) is 9.90. The predicted molar refractivity (Wildman–Crippen MR) is 125 cm³/mol. The third kappa shape index (κ3) is 5.35. The minimum Gasteiger partial charge on any atom is -0.399 e. The lowest BCUT2D eigenvalue weighted by Crippen LogP contribution is -2.16. The number of allylic oxidation sites excluding steroid dienone is 1. The van der Waals surface area contributed by atoms with E-state index in [2.05, 4.69) is 87.2 Å². The molecule has 3 rings (SSSR count). The maximum Gasteiger partial charge on any atom is 0.0666 e. The van der Waals surface area contributed by atoms with Gasteiger partial charge < -0.3 is 5.73 Å². The first kappa shape index (κ1) is 20.4. The zero-order chi connectivity index (χ0) is 20.8. The van der Waals surface area contributed by atoms with Gasteiger partial charge in [-0.05, 0) is 42.7 Å². The lowest BCUT2D eigenvalue weighted by Gasteiger charge is -2.24. The highest BCUT2D eigenvalue weighted by Crippen LogP contribution is 2.28. The second kappa shape index (κ2) is 9.24. The predicted octanol–water partition coefficient (Wildman–Crippen LogP) is 6.15. The summed E-state index contributed by atoms with van der Waals surface area (Å²) in [5.41, 5.74) is 13.7. The highest BCUT2D eigenvalue weighted by Gasteiger charge is 2.14. The van der Waals surface area contributed by atoms with Crippen molar-refractivity contribution in [2.75, 3.05) is 5.73 Å². The standard InChI is InChI=1S/C26H29N3/c1-19-5-11-23(12-6-19)21(3)17-26(24-13-7-20(2)8-14-24)29(28-4)18-22-9-15-25(27)16-10-22/h5-17,21H,4,18,27H2,1-3H3/b26-17-. The molecule has 0 amide bonds. The summed E-state index contributed by atoms with van der Waals surface area (Å²) in [5.74, 6) is 0.238. The number of benzene rings is 3. The first-order valence-corrected chi connectivity index (χ1v) is 9.90. The summed E-state index contributed by atoms with van der Waals surface area (Å²) in [4.78, 5) is 0. The number of hydrogen-bond acceptors (Lipinski definition) is 3. The minimum atomic E-state index is 0.238. The molecule has 0 bridgehead atoms. The van der Waals surface area contributed by atoms with Crippen LogP contribution in [0.2, 0.25) is 0 Å². The fourth-order valence-corrected chi connectivity index (χ4v) is 3.27. The van der Waals surface area contributed by atoms with Gasteiger partial charge in [0.25, 0.3) is 0 Å². The Morgan fingerprint density at radius 2 is 1.48 bits per heavy atom. The molecule has 1 atom stereocenters. The lowest BCUT2D eigenvalue weighted by atomic mass is 9.97. The molecule has 3 aromatic carbocycles. The number of nitrogens with two attached hydrogens (primary N) is 1. The van der Waals surface area contributed by atoms with Gasteiger partial charge in [-0.15, -0.1) is 0 Å². The molecule has 2 N–H and O–H groups in total. The van der Waals surface area contributed by atoms with Crippen molar-refractivity contribution in [3.8, 4) is 0 Å². The van der Waals surface area contributed by atoms with Crippen LogP contribution in [0.15, 0.2) is 84.0 Å². The normalized spacial score (nSPS) is 12.4. The Hall–Kier alpha value is -3.33. The smallest absolute Gasteiger partial charge is 0.0666 e. The van der Waals surface area contributed by atoms with Crippen molar-refractivity contribution < 1.29 is 0 Å². The monoisotopic (exact) mass is 383 g/mol. The van der Waals surface area contributed by atoms with Crippen LogP contribution in [0.3, 0.4) is 0 Å². The van der Waals surface area contributed by atoms with E-state index in [4.69, 9.17) is 5.73 Å². The molecular weight excluding hydrogens is 354 g/mol. The molecule has 0 heterocycles. The molecule has 0 fully saturated rings. The van der Waals surface area contributed by atoms with Gasteiger partial charge in [0.1, 0.15) is 0 Å². The van der Waals surface area contributed by atoms with E-state index in [0.29, 0.717) is 6.54 Å². The molecule has 29 heavy (non-hydrogen) atoms. The second-order valence-electron chi connectivity index (χ2n) is 7.56. The molecule has 148 valence electrons. The van der Waals surface area contributed by atoms with Gasteiger partial charge in [0.2, 0.25) is 0 Å². The van der Waals surface area contributed by atoms with Gasteiger partial charge in [-0.25, -0.2) is 0 Å². The van der Waals surface area contributed by atoms with Crippen molar-refractivity contribution in [3.05, 3.63) is 107 Å². The van der Waals surface area contributed by atoms with E-state index < -0.39 is 0 Å². The van der Waals surface area contributed by atoms with Crippen molar-refractivity contribution >= 4 is 18.1 Å². The van der Waals surface area contributed by atoms with Crippen LogP contribution in [-0.4, -0.2) is 11.7 Å². The number of rotatable bonds is 7. The highest BCUT2D eigenvalue weighted by atomic mass is 15.4. The second-order valence-corrected chi connectivity index (χ2v) is 7.56. The largest absolute Gasteiger partial charge is 0.399 e. The maximum atomic E-state index is 5.84. The highest BCUT2D eigenvalue weighted by molar-refractivity contribution is 5.65. The maximum absolute atomic E-state index is 5.84. The third-order valence-electron chi connectivity index (χ3n) is 5.12. The molecule has 0 aliphatic heterocycles. The number of aryl methyl sites for hydroxylation is 2. The molecular formula is C26H29N3. The van der Waals surface area contributed by atoms with E-state index in [0.717, 1.165) is 22.5 Å². The number of nitrogen functional groups attached to an aromatic ring is 1. The van der Waals surface area contributed by atoms with Crippen molar-refractivity contribution in [3.63, 3.8) is 0 Å². The first-order chi connectivity index (χ1) is 14.0. The van der Waals surface area contributed by atoms with E-state index in [-0.39, 0.29) is 5.92 Å². The van der Waals surface area contributed by atoms with Gasteiger partial charge in [-0.1, -0.05) is 84.8 Å². The average Bonchev–Trinajstić information content (AvgIpc) is 2.73. The summed E-state index contributed by atoms with van der Waals surface area (Å²) in [6.45, 7) is 10.9. The van der Waals surface area contributed by atoms with Crippen LogP contribution >= 0.6 is 0 Å². The van der Waals surface area contributed by atoms with Crippen LogP contribution in [0.5, 0.6) is 0 Å². The van der Waals surface area contributed by atoms with Gasteiger partial charge in [-0.3, -0.25) is 5.01 Å². The van der Waals surface area contributed by atoms with Crippen LogP contribution in [0.25, 0.3) is 5.70 Å². The topological polar surface area (TPSA) is 41.6 Å². The zero-order valence-electron chi connectivity index (χ0n) is 17.5. The Morgan fingerprint density at radius 3 is 2.03 bits per heavy atom. The van der Waals surface area contributed by atoms with Crippen LogP contribution in [0, 0.1) is 13.8 Å². The molecule has 0 aliphatic carbocycles. The Kier molecular flexibility index (Phi) is 6.50. The minimum absolute atomic E-state index is 0.238. The van der Waals surface area contributed by atoms with Gasteiger partial charge in [-0.2, -0.15) is 5.10 Å². The van der Waals surface area contributed by atoms with Gasteiger partial charge >= 0.3 is 0 Å². The molecule has 3 nitrogen and oxygen atoms in total. The Bertz CT molecular complexity index is 968. The fourth-order valence-electron chi connectivity index (χ4n) is 3.27. The molecule has 0 radical (unpaired) electrons. The van der Waals surface area contributed by atoms with E-state index in [1.165, 1.54) is 16.7 Å². The molecule has 0 aliphatic rings. The molecule has 3 heteroatoms. The van der Waals surface area contributed by atoms with Crippen LogP contribution in [0.1, 0.15) is 40.7 Å². The van der Waals surface area contributed by atoms with E-state index in [9.17, 15) is 0 Å². The molecule has 0 saturated carbocycles. The lowest BCUT2D eigenvalue weighted by molar-refractivity contribution is 0.417. The van der Waals surface area contributed by atoms with E-state index >= 15 is 0 Å². The summed E-state index contributed by atoms with van der Waals surface area (Å²) in [6.07, 6.45) is 2.27. The summed E-state index contributed by atoms with van der Waals surface area (Å²) < 4.78 is 0. The Morgan fingerprint density at radius 1 is 0.931 bits per heavy atom. The summed E-state index contributed by atoms with van der Waals surface area (Å²) in [7, 11) is 0. The number of anilines is 1. The van der Waals surface area contributed by atoms with Crippen molar-refractivity contribution in [2.45, 2.75) is 33.2 Å². The Labute approximate surface area is 174 Å². The van der Waals surface area contributed by atoms with Crippen LogP contribution in [-0.2, 0) is 6.54 Å². The molecule has 3 aromatic rings. The number of nitrogens with zero attached hydrogens (tertiary/aromatic N) is 2. The summed E-state index contributed by atoms with van der Waals surface area (Å²) in [5, 5.41) is 6.31. The van der Waals surface area contributed by atoms with E-state index in [1.54, 1.807) is 0 Å². The Balaban J connectivity index is 1.98. The SMILES string of the molecule is C=NN(Cc1ccc(N)cc1)/C(=C\C(C)c1ccc(C)cc1)c1ccc(C)cc1. The summed E-state index contributed by atoms with van der Waals surface area (Å²) >= 11 is 0. The van der Waals surface area contributed by atoms with Crippen molar-refractivity contribution in [2.24, 2.45) is 5.10 Å². The van der Waals surface area contributed by atoms with Gasteiger partial charge in [0, 0.05) is 18.3 Å². The van der Waals surface area contributed by atoms with Crippen LogP contribution in [0.4, 0.5) is 5.69 Å². The van der Waals surface area contributed by atoms with Gasteiger partial charge in [0.05, 0.1) is 12.2 Å². The zero-order valence-corrected chi connectivity index (χ0v) is 17.5. The van der Waals surface area contributed by atoms with Crippen LogP contribution < -0.4 is 5.73 Å². The fraction of sp³-hybridized carbons (Fsp3) is 0.192. The average molecular weight is 384 g/mol.